The molecular weight excluding hydrogens is 362 g/mol. The van der Waals surface area contributed by atoms with Gasteiger partial charge in [0.05, 0.1) is 5.69 Å². The van der Waals surface area contributed by atoms with Crippen molar-refractivity contribution in [1.29, 1.82) is 0 Å². The minimum atomic E-state index is -0.0357. The summed E-state index contributed by atoms with van der Waals surface area (Å²) in [5.74, 6) is 1.48. The Morgan fingerprint density at radius 3 is 2.85 bits per heavy atom. The van der Waals surface area contributed by atoms with Crippen molar-refractivity contribution >= 4 is 23.4 Å². The molecular formula is C19H23N5O2S. The summed E-state index contributed by atoms with van der Waals surface area (Å²) in [4.78, 5) is 21.9. The van der Waals surface area contributed by atoms with E-state index >= 15 is 0 Å². The van der Waals surface area contributed by atoms with E-state index in [0.717, 1.165) is 15.7 Å². The number of anilines is 1. The molecule has 0 aliphatic rings. The lowest BCUT2D eigenvalue weighted by Gasteiger charge is -2.10. The van der Waals surface area contributed by atoms with Gasteiger partial charge in [0, 0.05) is 43.1 Å². The topological polar surface area (TPSA) is 85.8 Å². The van der Waals surface area contributed by atoms with Crippen molar-refractivity contribution in [3.05, 3.63) is 48.4 Å². The normalized spacial score (nSPS) is 11.1. The zero-order valence-electron chi connectivity index (χ0n) is 15.7. The van der Waals surface area contributed by atoms with Crippen LogP contribution in [0.2, 0.25) is 0 Å². The quantitative estimate of drug-likeness (QED) is 0.630. The van der Waals surface area contributed by atoms with E-state index in [4.69, 9.17) is 4.52 Å². The number of amides is 1. The molecule has 0 unspecified atom stereocenters. The number of benzene rings is 1. The van der Waals surface area contributed by atoms with Gasteiger partial charge < -0.3 is 14.4 Å². The molecule has 3 rings (SSSR count). The molecule has 7 nitrogen and oxygen atoms in total. The highest BCUT2D eigenvalue weighted by molar-refractivity contribution is 7.99. The predicted molar refractivity (Wildman–Crippen MR) is 104 cm³/mol. The number of hydrogen-bond acceptors (Lipinski definition) is 6. The van der Waals surface area contributed by atoms with E-state index in [9.17, 15) is 4.79 Å². The van der Waals surface area contributed by atoms with E-state index in [2.05, 4.69) is 20.4 Å². The molecule has 0 fully saturated rings. The molecule has 2 aromatic heterocycles. The van der Waals surface area contributed by atoms with Crippen LogP contribution in [0.1, 0.15) is 44.3 Å². The molecule has 27 heavy (non-hydrogen) atoms. The second-order valence-corrected chi connectivity index (χ2v) is 7.53. The number of aryl methyl sites for hydroxylation is 2. The summed E-state index contributed by atoms with van der Waals surface area (Å²) in [6.45, 7) is 4.03. The van der Waals surface area contributed by atoms with E-state index in [1.165, 1.54) is 11.8 Å². The van der Waals surface area contributed by atoms with Crippen LogP contribution in [0.4, 0.5) is 5.69 Å². The maximum absolute atomic E-state index is 12.3. The van der Waals surface area contributed by atoms with Crippen LogP contribution in [0.3, 0.4) is 0 Å². The van der Waals surface area contributed by atoms with Crippen LogP contribution >= 0.6 is 11.8 Å². The van der Waals surface area contributed by atoms with Crippen LogP contribution in [-0.2, 0) is 18.3 Å². The van der Waals surface area contributed by atoms with Crippen LogP contribution in [-0.4, -0.2) is 25.6 Å². The van der Waals surface area contributed by atoms with Crippen LogP contribution in [0, 0.1) is 0 Å². The number of carbonyl (C=O) groups is 1. The summed E-state index contributed by atoms with van der Waals surface area (Å²) >= 11 is 1.52. The average Bonchev–Trinajstić information content (AvgIpc) is 3.26. The van der Waals surface area contributed by atoms with Gasteiger partial charge in [-0.25, -0.2) is 4.98 Å². The number of para-hydroxylation sites is 1. The fraction of sp³-hybridized carbons (Fsp3) is 0.368. The lowest BCUT2D eigenvalue weighted by Crippen LogP contribution is -2.12. The van der Waals surface area contributed by atoms with Crippen molar-refractivity contribution in [2.75, 3.05) is 5.32 Å². The fourth-order valence-corrected chi connectivity index (χ4v) is 3.32. The highest BCUT2D eigenvalue weighted by Gasteiger charge is 2.12. The molecule has 2 heterocycles. The highest BCUT2D eigenvalue weighted by Crippen LogP contribution is 2.32. The zero-order valence-corrected chi connectivity index (χ0v) is 16.5. The maximum atomic E-state index is 12.3. The standard InChI is InChI=1S/C19H23N5O2S/c1-13(2)18-22-17(26-23-18)10-6-9-16(25)21-14-7-4-5-8-15(14)27-19-20-11-12-24(19)3/h4-5,7-8,11-13H,6,9-10H2,1-3H3,(H,21,25). The van der Waals surface area contributed by atoms with Gasteiger partial charge in [-0.15, -0.1) is 0 Å². The van der Waals surface area contributed by atoms with Gasteiger partial charge in [-0.3, -0.25) is 4.79 Å². The lowest BCUT2D eigenvalue weighted by molar-refractivity contribution is -0.116. The number of carbonyl (C=O) groups excluding carboxylic acids is 1. The molecule has 1 amide bonds. The van der Waals surface area contributed by atoms with E-state index in [-0.39, 0.29) is 11.8 Å². The molecule has 0 saturated heterocycles. The molecule has 0 aliphatic heterocycles. The van der Waals surface area contributed by atoms with Crippen molar-refractivity contribution < 1.29 is 9.32 Å². The van der Waals surface area contributed by atoms with Gasteiger partial charge in [0.25, 0.3) is 0 Å². The molecule has 8 heteroatoms. The smallest absolute Gasteiger partial charge is 0.226 e. The van der Waals surface area contributed by atoms with E-state index < -0.39 is 0 Å². The number of hydrogen-bond donors (Lipinski definition) is 1. The molecule has 3 aromatic rings. The number of rotatable bonds is 8. The first-order chi connectivity index (χ1) is 13.0. The Labute approximate surface area is 162 Å². The monoisotopic (exact) mass is 385 g/mol. The maximum Gasteiger partial charge on any atom is 0.226 e. The van der Waals surface area contributed by atoms with Crippen LogP contribution in [0.15, 0.2) is 51.2 Å². The summed E-state index contributed by atoms with van der Waals surface area (Å²) in [5.41, 5.74) is 0.787. The second-order valence-electron chi connectivity index (χ2n) is 6.52. The Kier molecular flexibility index (Phi) is 6.28. The summed E-state index contributed by atoms with van der Waals surface area (Å²) < 4.78 is 7.15. The van der Waals surface area contributed by atoms with Crippen LogP contribution < -0.4 is 5.32 Å². The first kappa shape index (κ1) is 19.2. The first-order valence-corrected chi connectivity index (χ1v) is 9.71. The summed E-state index contributed by atoms with van der Waals surface area (Å²) in [7, 11) is 1.94. The van der Waals surface area contributed by atoms with Crippen molar-refractivity contribution in [3.8, 4) is 0 Å². The van der Waals surface area contributed by atoms with Crippen LogP contribution in [0.25, 0.3) is 0 Å². The highest BCUT2D eigenvalue weighted by atomic mass is 32.2. The largest absolute Gasteiger partial charge is 0.339 e. The van der Waals surface area contributed by atoms with Crippen molar-refractivity contribution in [2.24, 2.45) is 7.05 Å². The molecule has 1 N–H and O–H groups in total. The molecule has 0 radical (unpaired) electrons. The minimum absolute atomic E-state index is 0.0357. The van der Waals surface area contributed by atoms with E-state index in [1.807, 2.05) is 55.9 Å². The van der Waals surface area contributed by atoms with Gasteiger partial charge in [-0.05, 0) is 30.3 Å². The van der Waals surface area contributed by atoms with Crippen molar-refractivity contribution in [2.45, 2.75) is 49.1 Å². The molecule has 0 atom stereocenters. The predicted octanol–water partition coefficient (Wildman–Crippen LogP) is 4.04. The number of nitrogens with one attached hydrogen (secondary N) is 1. The van der Waals surface area contributed by atoms with Crippen molar-refractivity contribution in [1.82, 2.24) is 19.7 Å². The third-order valence-electron chi connectivity index (χ3n) is 3.93. The molecule has 142 valence electrons. The summed E-state index contributed by atoms with van der Waals surface area (Å²) in [5, 5.41) is 7.80. The second kappa shape index (κ2) is 8.85. The van der Waals surface area contributed by atoms with Gasteiger partial charge in [-0.1, -0.05) is 31.1 Å². The Bertz CT molecular complexity index is 903. The molecule has 0 spiro atoms. The number of imidazole rings is 1. The number of nitrogens with zero attached hydrogens (tertiary/aromatic N) is 4. The Morgan fingerprint density at radius 2 is 2.15 bits per heavy atom. The third kappa shape index (κ3) is 5.19. The van der Waals surface area contributed by atoms with Gasteiger partial charge in [-0.2, -0.15) is 4.98 Å². The Hall–Kier alpha value is -2.61. The average molecular weight is 385 g/mol. The van der Waals surface area contributed by atoms with Crippen LogP contribution in [0.5, 0.6) is 0 Å². The third-order valence-corrected chi connectivity index (χ3v) is 5.09. The SMILES string of the molecule is CC(C)c1noc(CCCC(=O)Nc2ccccc2Sc2nccn2C)n1. The minimum Gasteiger partial charge on any atom is -0.339 e. The molecule has 0 saturated carbocycles. The lowest BCUT2D eigenvalue weighted by atomic mass is 10.2. The summed E-state index contributed by atoms with van der Waals surface area (Å²) in [6, 6.07) is 7.73. The Morgan fingerprint density at radius 1 is 1.33 bits per heavy atom. The molecule has 0 aliphatic carbocycles. The number of aromatic nitrogens is 4. The van der Waals surface area contributed by atoms with E-state index in [1.54, 1.807) is 6.20 Å². The molecule has 1 aromatic carbocycles. The van der Waals surface area contributed by atoms with Gasteiger partial charge in [0.2, 0.25) is 11.8 Å². The fourth-order valence-electron chi connectivity index (χ4n) is 2.42. The van der Waals surface area contributed by atoms with Gasteiger partial charge >= 0.3 is 0 Å². The zero-order chi connectivity index (χ0) is 19.2. The Balaban J connectivity index is 1.54. The molecule has 0 bridgehead atoms. The first-order valence-electron chi connectivity index (χ1n) is 8.89. The van der Waals surface area contributed by atoms with E-state index in [0.29, 0.717) is 31.0 Å². The van der Waals surface area contributed by atoms with Gasteiger partial charge in [0.15, 0.2) is 11.0 Å². The van der Waals surface area contributed by atoms with Gasteiger partial charge in [0.1, 0.15) is 0 Å². The van der Waals surface area contributed by atoms with Crippen molar-refractivity contribution in [3.63, 3.8) is 0 Å². The summed E-state index contributed by atoms with van der Waals surface area (Å²) in [6.07, 6.45) is 5.29.